The van der Waals surface area contributed by atoms with E-state index in [1.807, 2.05) is 6.07 Å². The van der Waals surface area contributed by atoms with Gasteiger partial charge in [0.25, 0.3) is 0 Å². The van der Waals surface area contributed by atoms with Crippen molar-refractivity contribution in [2.75, 3.05) is 0 Å². The normalized spacial score (nSPS) is 16.2. The Morgan fingerprint density at radius 2 is 1.44 bits per heavy atom. The molecule has 0 aliphatic heterocycles. The summed E-state index contributed by atoms with van der Waals surface area (Å²) >= 11 is -0.588. The molecule has 1 atom stereocenters. The summed E-state index contributed by atoms with van der Waals surface area (Å²) < 4.78 is 7.76. The minimum Gasteiger partial charge on any atom is -0.147 e. The number of benzene rings is 2. The van der Waals surface area contributed by atoms with E-state index in [0.29, 0.717) is 5.92 Å². The molecule has 2 aromatic carbocycles. The van der Waals surface area contributed by atoms with E-state index in [2.05, 4.69) is 76.2 Å². The third-order valence-electron chi connectivity index (χ3n) is 4.86. The quantitative estimate of drug-likeness (QED) is 0.501. The fraction of sp³-hybridized carbons (Fsp3) is 0.238. The van der Waals surface area contributed by atoms with E-state index in [0.717, 1.165) is 5.75 Å². The first-order valence-corrected chi connectivity index (χ1v) is 9.46. The summed E-state index contributed by atoms with van der Waals surface area (Å²) in [7, 11) is 0. The predicted molar refractivity (Wildman–Crippen MR) is 107 cm³/mol. The van der Waals surface area contributed by atoms with E-state index in [1.54, 1.807) is 0 Å². The Morgan fingerprint density at radius 1 is 0.800 bits per heavy atom. The van der Waals surface area contributed by atoms with Gasteiger partial charge in [0.05, 0.1) is 0 Å². The second-order valence-corrected chi connectivity index (χ2v) is 7.65. The third kappa shape index (κ3) is 4.80. The van der Waals surface area contributed by atoms with Gasteiger partial charge in [-0.15, -0.1) is 24.8 Å². The van der Waals surface area contributed by atoms with Gasteiger partial charge in [-0.3, -0.25) is 0 Å². The Bertz CT molecular complexity index is 781. The van der Waals surface area contributed by atoms with Crippen molar-refractivity contribution in [2.24, 2.45) is 5.92 Å². The number of rotatable bonds is 4. The topological polar surface area (TPSA) is 9.23 Å². The van der Waals surface area contributed by atoms with Crippen LogP contribution in [0.4, 0.5) is 0 Å². The molecule has 1 unspecified atom stereocenters. The van der Waals surface area contributed by atoms with Crippen LogP contribution in [0, 0.1) is 5.92 Å². The van der Waals surface area contributed by atoms with Crippen LogP contribution in [0.2, 0.25) is 0 Å². The molecule has 0 spiro atoms. The summed E-state index contributed by atoms with van der Waals surface area (Å²) in [4.78, 5) is 0. The Morgan fingerprint density at radius 3 is 2.04 bits per heavy atom. The molecule has 1 aliphatic rings. The van der Waals surface area contributed by atoms with E-state index in [-0.39, 0.29) is 24.8 Å². The van der Waals surface area contributed by atoms with Gasteiger partial charge >= 0.3 is 149 Å². The molecule has 0 heterocycles. The number of allylic oxidation sites excluding steroid dienone is 4. The van der Waals surface area contributed by atoms with Crippen molar-refractivity contribution >= 4 is 24.8 Å². The first-order valence-electron chi connectivity index (χ1n) is 8.04. The maximum absolute atomic E-state index is 6.23. The van der Waals surface area contributed by atoms with Gasteiger partial charge < -0.3 is 0 Å². The van der Waals surface area contributed by atoms with Gasteiger partial charge in [-0.05, 0) is 0 Å². The zero-order chi connectivity index (χ0) is 16.4. The Labute approximate surface area is 172 Å². The fourth-order valence-corrected chi connectivity index (χ4v) is 4.71. The van der Waals surface area contributed by atoms with Gasteiger partial charge in [-0.2, -0.15) is 0 Å². The second-order valence-electron chi connectivity index (χ2n) is 6.17. The molecule has 4 heteroatoms. The number of hydrogen-bond donors (Lipinski definition) is 0. The van der Waals surface area contributed by atoms with Crippen LogP contribution in [0.5, 0.6) is 5.75 Å². The van der Waals surface area contributed by atoms with Crippen molar-refractivity contribution in [3.8, 4) is 16.9 Å². The Balaban J connectivity index is 0.00000156. The molecule has 1 nitrogen and oxygen atoms in total. The van der Waals surface area contributed by atoms with E-state index >= 15 is 0 Å². The van der Waals surface area contributed by atoms with Gasteiger partial charge in [0, 0.05) is 0 Å². The fourth-order valence-electron chi connectivity index (χ4n) is 3.01. The average molecular weight is 411 g/mol. The summed E-state index contributed by atoms with van der Waals surface area (Å²) in [6, 6.07) is 18.9. The second kappa shape index (κ2) is 9.64. The molecular formula is C21H24Cl2OTi. The molecule has 0 N–H and O–H groups in total. The van der Waals surface area contributed by atoms with Crippen molar-refractivity contribution in [1.29, 1.82) is 0 Å². The molecular weight excluding hydrogens is 387 g/mol. The van der Waals surface area contributed by atoms with Gasteiger partial charge in [0.15, 0.2) is 0 Å². The van der Waals surface area contributed by atoms with Crippen molar-refractivity contribution in [3.05, 3.63) is 75.2 Å². The largest absolute Gasteiger partial charge is 0.147 e. The summed E-state index contributed by atoms with van der Waals surface area (Å²) in [5.74, 6) is 1.54. The summed E-state index contributed by atoms with van der Waals surface area (Å²) in [5, 5.41) is 0. The van der Waals surface area contributed by atoms with Crippen LogP contribution in [0.25, 0.3) is 11.1 Å². The molecule has 0 bridgehead atoms. The van der Waals surface area contributed by atoms with Crippen molar-refractivity contribution in [1.82, 2.24) is 0 Å². The minimum absolute atomic E-state index is 0. The Hall–Kier alpha value is -0.986. The minimum atomic E-state index is -0.588. The molecule has 1 aliphatic carbocycles. The van der Waals surface area contributed by atoms with Gasteiger partial charge in [0.2, 0.25) is 0 Å². The third-order valence-corrected chi connectivity index (χ3v) is 6.99. The first-order chi connectivity index (χ1) is 11.1. The zero-order valence-electron chi connectivity index (χ0n) is 15.0. The SMILES string of the molecule is CC1=C(C)C(C)[C]([Ti][O]c2cccc(-c3ccccc3)c2)=C1C.Cl.Cl. The number of hydrogen-bond acceptors (Lipinski definition) is 1. The molecule has 0 saturated heterocycles. The van der Waals surface area contributed by atoms with Crippen LogP contribution in [0.1, 0.15) is 27.7 Å². The molecule has 3 rings (SSSR count). The van der Waals surface area contributed by atoms with E-state index in [1.165, 1.54) is 31.7 Å². The summed E-state index contributed by atoms with van der Waals surface area (Å²) in [5.41, 5.74) is 6.86. The van der Waals surface area contributed by atoms with Crippen LogP contribution in [-0.2, 0) is 19.5 Å². The van der Waals surface area contributed by atoms with Gasteiger partial charge in [-0.1, -0.05) is 0 Å². The van der Waals surface area contributed by atoms with Gasteiger partial charge in [0.1, 0.15) is 0 Å². The predicted octanol–water partition coefficient (Wildman–Crippen LogP) is 6.83. The summed E-state index contributed by atoms with van der Waals surface area (Å²) in [6.45, 7) is 9.03. The van der Waals surface area contributed by atoms with Crippen LogP contribution in [0.3, 0.4) is 0 Å². The van der Waals surface area contributed by atoms with Crippen LogP contribution in [0.15, 0.2) is 75.2 Å². The van der Waals surface area contributed by atoms with E-state index < -0.39 is 19.5 Å². The van der Waals surface area contributed by atoms with Crippen LogP contribution < -0.4 is 3.32 Å². The first kappa shape index (κ1) is 22.1. The molecule has 0 radical (unpaired) electrons. The maximum atomic E-state index is 6.23. The molecule has 0 amide bonds. The van der Waals surface area contributed by atoms with Crippen molar-refractivity contribution in [2.45, 2.75) is 27.7 Å². The van der Waals surface area contributed by atoms with Crippen LogP contribution >= 0.6 is 24.8 Å². The molecule has 0 fully saturated rings. The standard InChI is InChI=1S/C12H10O.C9H13.2ClH.Ti/c13-12-8-4-7-11(9-12)10-5-2-1-3-6-10;1-6-5-7(2)9(4)8(6)3;;;/h1-9,13H;6H,1-4H3;2*1H;/q;;;;+1/p-1. The zero-order valence-corrected chi connectivity index (χ0v) is 18.2. The molecule has 132 valence electrons. The molecule has 0 aromatic heterocycles. The maximum Gasteiger partial charge on any atom is -0.147 e. The van der Waals surface area contributed by atoms with Gasteiger partial charge in [-0.25, -0.2) is 0 Å². The average Bonchev–Trinajstić information content (AvgIpc) is 2.78. The Kier molecular flexibility index (Phi) is 8.50. The van der Waals surface area contributed by atoms with E-state index in [4.69, 9.17) is 3.32 Å². The van der Waals surface area contributed by atoms with Crippen LogP contribution in [-0.4, -0.2) is 0 Å². The monoisotopic (exact) mass is 410 g/mol. The summed E-state index contributed by atoms with van der Waals surface area (Å²) in [6.07, 6.45) is 0. The molecule has 25 heavy (non-hydrogen) atoms. The van der Waals surface area contributed by atoms with Crippen molar-refractivity contribution < 1.29 is 22.9 Å². The van der Waals surface area contributed by atoms with Crippen molar-refractivity contribution in [3.63, 3.8) is 0 Å². The smallest absolute Gasteiger partial charge is 0.147 e. The molecule has 2 aromatic rings. The van der Waals surface area contributed by atoms with E-state index in [9.17, 15) is 0 Å². The number of halogens is 2. The molecule has 0 saturated carbocycles.